The van der Waals surface area contributed by atoms with Crippen LogP contribution >= 0.6 is 11.3 Å². The molecule has 0 amide bonds. The van der Waals surface area contributed by atoms with Crippen LogP contribution in [0, 0.1) is 0 Å². The second-order valence-corrected chi connectivity index (χ2v) is 3.85. The van der Waals surface area contributed by atoms with E-state index < -0.39 is 0 Å². The number of hydrogen-bond acceptors (Lipinski definition) is 5. The van der Waals surface area contributed by atoms with Gasteiger partial charge in [0.1, 0.15) is 16.5 Å². The fourth-order valence-electron chi connectivity index (χ4n) is 1.23. The highest BCUT2D eigenvalue weighted by Crippen LogP contribution is 2.36. The maximum atomic E-state index is 11.4. The molecule has 1 aliphatic heterocycles. The number of thiophene rings is 1. The maximum Gasteiger partial charge on any atom is 0.348 e. The Kier molecular flexibility index (Phi) is 2.58. The molecule has 14 heavy (non-hydrogen) atoms. The summed E-state index contributed by atoms with van der Waals surface area (Å²) in [5.74, 6) is 0.474. The zero-order valence-electron chi connectivity index (χ0n) is 7.83. The zero-order chi connectivity index (χ0) is 9.97. The molecule has 1 aromatic heterocycles. The van der Waals surface area contributed by atoms with Gasteiger partial charge in [-0.05, 0) is 6.92 Å². The lowest BCUT2D eigenvalue weighted by molar-refractivity contribution is 0.0532. The molecule has 2 heterocycles. The normalized spacial score (nSPS) is 13.8. The van der Waals surface area contributed by atoms with Crippen LogP contribution in [0.4, 0.5) is 5.00 Å². The molecule has 76 valence electrons. The smallest absolute Gasteiger partial charge is 0.348 e. The Hall–Kier alpha value is -1.23. The standard InChI is InChI=1S/C9H11NO3S/c1-2-12-9(11)7-5-6-8(14-7)10-3-4-13-6/h5,10H,2-4H2,1H3. The Labute approximate surface area is 85.8 Å². The lowest BCUT2D eigenvalue weighted by Crippen LogP contribution is -2.15. The highest BCUT2D eigenvalue weighted by Gasteiger charge is 2.18. The summed E-state index contributed by atoms with van der Waals surface area (Å²) in [7, 11) is 0. The van der Waals surface area contributed by atoms with Gasteiger partial charge in [0.2, 0.25) is 0 Å². The quantitative estimate of drug-likeness (QED) is 0.760. The molecule has 0 spiro atoms. The van der Waals surface area contributed by atoms with Crippen molar-refractivity contribution >= 4 is 22.3 Å². The molecule has 0 saturated heterocycles. The molecule has 1 N–H and O–H groups in total. The van der Waals surface area contributed by atoms with Crippen molar-refractivity contribution in [2.75, 3.05) is 25.1 Å². The fraction of sp³-hybridized carbons (Fsp3) is 0.444. The van der Waals surface area contributed by atoms with E-state index in [1.807, 2.05) is 0 Å². The van der Waals surface area contributed by atoms with E-state index in [-0.39, 0.29) is 5.97 Å². The SMILES string of the molecule is CCOC(=O)c1cc2c(s1)NCCO2. The minimum Gasteiger partial charge on any atom is -0.489 e. The van der Waals surface area contributed by atoms with Gasteiger partial charge in [-0.3, -0.25) is 0 Å². The monoisotopic (exact) mass is 213 g/mol. The number of fused-ring (bicyclic) bond motifs is 1. The Balaban J connectivity index is 2.19. The molecule has 0 fully saturated rings. The molecule has 0 radical (unpaired) electrons. The van der Waals surface area contributed by atoms with Crippen molar-refractivity contribution in [1.29, 1.82) is 0 Å². The first-order chi connectivity index (χ1) is 6.81. The van der Waals surface area contributed by atoms with Gasteiger partial charge in [0, 0.05) is 12.6 Å². The predicted octanol–water partition coefficient (Wildman–Crippen LogP) is 1.73. The van der Waals surface area contributed by atoms with Crippen LogP contribution in [0.5, 0.6) is 5.75 Å². The van der Waals surface area contributed by atoms with E-state index in [1.165, 1.54) is 11.3 Å². The number of rotatable bonds is 2. The van der Waals surface area contributed by atoms with Crippen LogP contribution in [-0.4, -0.2) is 25.7 Å². The summed E-state index contributed by atoms with van der Waals surface area (Å²) < 4.78 is 10.3. The molecule has 1 aromatic rings. The molecule has 0 aromatic carbocycles. The molecular weight excluding hydrogens is 202 g/mol. The molecule has 1 aliphatic rings. The van der Waals surface area contributed by atoms with Crippen molar-refractivity contribution < 1.29 is 14.3 Å². The van der Waals surface area contributed by atoms with E-state index in [4.69, 9.17) is 9.47 Å². The van der Waals surface area contributed by atoms with Gasteiger partial charge in [0.15, 0.2) is 5.75 Å². The molecule has 5 heteroatoms. The summed E-state index contributed by atoms with van der Waals surface area (Å²) in [5.41, 5.74) is 0. The van der Waals surface area contributed by atoms with Crippen LogP contribution < -0.4 is 10.1 Å². The lowest BCUT2D eigenvalue weighted by Gasteiger charge is -2.13. The van der Waals surface area contributed by atoms with E-state index in [2.05, 4.69) is 5.32 Å². The van der Waals surface area contributed by atoms with Crippen molar-refractivity contribution in [2.24, 2.45) is 0 Å². The number of hydrogen-bond donors (Lipinski definition) is 1. The molecule has 0 atom stereocenters. The average molecular weight is 213 g/mol. The highest BCUT2D eigenvalue weighted by molar-refractivity contribution is 7.18. The number of carbonyl (C=O) groups is 1. The number of anilines is 1. The van der Waals surface area contributed by atoms with Crippen LogP contribution in [0.15, 0.2) is 6.07 Å². The van der Waals surface area contributed by atoms with Crippen LogP contribution in [0.1, 0.15) is 16.6 Å². The van der Waals surface area contributed by atoms with Crippen molar-refractivity contribution in [3.05, 3.63) is 10.9 Å². The Morgan fingerprint density at radius 3 is 3.36 bits per heavy atom. The van der Waals surface area contributed by atoms with E-state index in [0.29, 0.717) is 18.1 Å². The summed E-state index contributed by atoms with van der Waals surface area (Å²) >= 11 is 1.37. The van der Waals surface area contributed by atoms with Gasteiger partial charge in [0.25, 0.3) is 0 Å². The van der Waals surface area contributed by atoms with Gasteiger partial charge in [-0.25, -0.2) is 4.79 Å². The number of ether oxygens (including phenoxy) is 2. The first-order valence-corrected chi connectivity index (χ1v) is 5.30. The number of carbonyl (C=O) groups excluding carboxylic acids is 1. The van der Waals surface area contributed by atoms with Crippen LogP contribution in [-0.2, 0) is 4.74 Å². The average Bonchev–Trinajstić information content (AvgIpc) is 2.61. The van der Waals surface area contributed by atoms with E-state index in [1.54, 1.807) is 13.0 Å². The lowest BCUT2D eigenvalue weighted by atomic mass is 10.4. The fourth-order valence-corrected chi connectivity index (χ4v) is 2.15. The summed E-state index contributed by atoms with van der Waals surface area (Å²) in [6, 6.07) is 1.73. The van der Waals surface area contributed by atoms with Crippen molar-refractivity contribution in [1.82, 2.24) is 0 Å². The van der Waals surface area contributed by atoms with Crippen LogP contribution in [0.3, 0.4) is 0 Å². The predicted molar refractivity (Wildman–Crippen MR) is 54.3 cm³/mol. The van der Waals surface area contributed by atoms with Crippen LogP contribution in [0.2, 0.25) is 0 Å². The van der Waals surface area contributed by atoms with Crippen molar-refractivity contribution in [3.8, 4) is 5.75 Å². The summed E-state index contributed by atoms with van der Waals surface area (Å²) in [5, 5.41) is 4.08. The van der Waals surface area contributed by atoms with Gasteiger partial charge in [-0.1, -0.05) is 0 Å². The third-order valence-corrected chi connectivity index (χ3v) is 2.87. The van der Waals surface area contributed by atoms with Crippen molar-refractivity contribution in [2.45, 2.75) is 6.92 Å². The second kappa shape index (κ2) is 3.88. The third-order valence-electron chi connectivity index (χ3n) is 1.82. The summed E-state index contributed by atoms with van der Waals surface area (Å²) in [4.78, 5) is 12.0. The topological polar surface area (TPSA) is 47.6 Å². The van der Waals surface area contributed by atoms with Gasteiger partial charge in [0.05, 0.1) is 6.61 Å². The molecule has 2 rings (SSSR count). The largest absolute Gasteiger partial charge is 0.489 e. The van der Waals surface area contributed by atoms with E-state index in [9.17, 15) is 4.79 Å². The molecule has 4 nitrogen and oxygen atoms in total. The maximum absolute atomic E-state index is 11.4. The minimum absolute atomic E-state index is 0.280. The van der Waals surface area contributed by atoms with E-state index >= 15 is 0 Å². The highest BCUT2D eigenvalue weighted by atomic mass is 32.1. The molecule has 0 saturated carbocycles. The minimum atomic E-state index is -0.280. The Morgan fingerprint density at radius 1 is 1.79 bits per heavy atom. The Bertz CT molecular complexity index is 324. The van der Waals surface area contributed by atoms with Gasteiger partial charge < -0.3 is 14.8 Å². The summed E-state index contributed by atoms with van der Waals surface area (Å²) in [6.45, 7) is 3.62. The number of esters is 1. The van der Waals surface area contributed by atoms with Gasteiger partial charge in [-0.15, -0.1) is 11.3 Å². The first-order valence-electron chi connectivity index (χ1n) is 4.49. The van der Waals surface area contributed by atoms with Crippen LogP contribution in [0.25, 0.3) is 0 Å². The Morgan fingerprint density at radius 2 is 2.64 bits per heavy atom. The molecular formula is C9H11NO3S. The molecule has 0 bridgehead atoms. The van der Waals surface area contributed by atoms with Gasteiger partial charge >= 0.3 is 5.97 Å². The summed E-state index contributed by atoms with van der Waals surface area (Å²) in [6.07, 6.45) is 0. The van der Waals surface area contributed by atoms with Gasteiger partial charge in [-0.2, -0.15) is 0 Å². The first kappa shape index (κ1) is 9.33. The van der Waals surface area contributed by atoms with Crippen molar-refractivity contribution in [3.63, 3.8) is 0 Å². The molecule has 0 aliphatic carbocycles. The second-order valence-electron chi connectivity index (χ2n) is 2.80. The number of nitrogens with one attached hydrogen (secondary N) is 1. The third kappa shape index (κ3) is 1.68. The molecule has 0 unspecified atom stereocenters. The van der Waals surface area contributed by atoms with E-state index in [0.717, 1.165) is 17.3 Å². The zero-order valence-corrected chi connectivity index (χ0v) is 8.65.